The largest absolute Gasteiger partial charge is 0.312 e. The molecule has 21 heavy (non-hydrogen) atoms. The summed E-state index contributed by atoms with van der Waals surface area (Å²) in [4.78, 5) is 0. The van der Waals surface area contributed by atoms with Crippen molar-refractivity contribution in [3.63, 3.8) is 0 Å². The van der Waals surface area contributed by atoms with Gasteiger partial charge in [-0.05, 0) is 30.5 Å². The second-order valence-corrected chi connectivity index (χ2v) is 6.60. The maximum atomic E-state index is 4.58. The van der Waals surface area contributed by atoms with E-state index >= 15 is 0 Å². The van der Waals surface area contributed by atoms with E-state index in [0.717, 1.165) is 30.5 Å². The Morgan fingerprint density at radius 2 is 2.00 bits per heavy atom. The Labute approximate surface area is 135 Å². The molecule has 0 atom stereocenters. The molecule has 0 amide bonds. The summed E-state index contributed by atoms with van der Waals surface area (Å²) in [5, 5.41) is 8.08. The summed E-state index contributed by atoms with van der Waals surface area (Å²) in [7, 11) is 0. The van der Waals surface area contributed by atoms with Gasteiger partial charge in [-0.25, -0.2) is 0 Å². The molecule has 2 aromatic rings. The summed E-state index contributed by atoms with van der Waals surface area (Å²) in [6.07, 6.45) is 3.01. The molecule has 0 fully saturated rings. The molecule has 0 unspecified atom stereocenters. The summed E-state index contributed by atoms with van der Waals surface area (Å²) in [5.41, 5.74) is 3.89. The highest BCUT2D eigenvalue weighted by molar-refractivity contribution is 9.10. The van der Waals surface area contributed by atoms with Crippen LogP contribution in [0.25, 0.3) is 0 Å². The molecule has 114 valence electrons. The van der Waals surface area contributed by atoms with E-state index in [1.165, 1.54) is 16.8 Å². The van der Waals surface area contributed by atoms with Gasteiger partial charge in [-0.3, -0.25) is 4.68 Å². The Bertz CT molecular complexity index is 575. The van der Waals surface area contributed by atoms with E-state index in [2.05, 4.69) is 70.0 Å². The van der Waals surface area contributed by atoms with Crippen molar-refractivity contribution in [2.75, 3.05) is 6.54 Å². The van der Waals surface area contributed by atoms with Crippen molar-refractivity contribution in [3.8, 4) is 0 Å². The van der Waals surface area contributed by atoms with Crippen molar-refractivity contribution in [3.05, 3.63) is 51.8 Å². The van der Waals surface area contributed by atoms with Gasteiger partial charge >= 0.3 is 0 Å². The first kappa shape index (κ1) is 16.2. The van der Waals surface area contributed by atoms with Crippen molar-refractivity contribution in [2.45, 2.75) is 40.3 Å². The third-order valence-electron chi connectivity index (χ3n) is 3.52. The molecule has 1 aromatic heterocycles. The Balaban J connectivity index is 2.10. The van der Waals surface area contributed by atoms with Crippen molar-refractivity contribution >= 4 is 15.9 Å². The van der Waals surface area contributed by atoms with Crippen LogP contribution in [-0.2, 0) is 19.5 Å². The van der Waals surface area contributed by atoms with Gasteiger partial charge in [-0.15, -0.1) is 0 Å². The molecule has 0 saturated heterocycles. The van der Waals surface area contributed by atoms with E-state index in [0.29, 0.717) is 5.92 Å². The Morgan fingerprint density at radius 1 is 1.24 bits per heavy atom. The van der Waals surface area contributed by atoms with Gasteiger partial charge < -0.3 is 5.32 Å². The summed E-state index contributed by atoms with van der Waals surface area (Å²) in [6, 6.07) is 8.33. The summed E-state index contributed by atoms with van der Waals surface area (Å²) in [5.74, 6) is 0.672. The molecule has 0 aliphatic rings. The first-order valence-electron chi connectivity index (χ1n) is 7.59. The van der Waals surface area contributed by atoms with Crippen LogP contribution in [0, 0.1) is 5.92 Å². The van der Waals surface area contributed by atoms with E-state index in [4.69, 9.17) is 0 Å². The van der Waals surface area contributed by atoms with Crippen LogP contribution in [-0.4, -0.2) is 16.3 Å². The van der Waals surface area contributed by atoms with Crippen LogP contribution in [0.4, 0.5) is 0 Å². The zero-order chi connectivity index (χ0) is 15.2. The minimum Gasteiger partial charge on any atom is -0.312 e. The van der Waals surface area contributed by atoms with Gasteiger partial charge in [0.1, 0.15) is 0 Å². The normalized spacial score (nSPS) is 11.3. The molecule has 3 nitrogen and oxygen atoms in total. The van der Waals surface area contributed by atoms with Gasteiger partial charge in [0, 0.05) is 22.3 Å². The van der Waals surface area contributed by atoms with E-state index in [-0.39, 0.29) is 0 Å². The van der Waals surface area contributed by atoms with E-state index in [9.17, 15) is 0 Å². The second-order valence-electron chi connectivity index (χ2n) is 5.74. The third-order valence-corrected chi connectivity index (χ3v) is 4.29. The van der Waals surface area contributed by atoms with Crippen LogP contribution in [0.1, 0.15) is 37.6 Å². The third kappa shape index (κ3) is 4.42. The molecule has 0 spiro atoms. The summed E-state index contributed by atoms with van der Waals surface area (Å²) >= 11 is 3.61. The summed E-state index contributed by atoms with van der Waals surface area (Å²) < 4.78 is 3.26. The fraction of sp³-hybridized carbons (Fsp3) is 0.471. The molecule has 0 radical (unpaired) electrons. The number of halogens is 1. The molecular weight excluding hydrogens is 326 g/mol. The van der Waals surface area contributed by atoms with E-state index in [1.54, 1.807) is 0 Å². The average molecular weight is 350 g/mol. The number of nitrogens with zero attached hydrogens (tertiary/aromatic N) is 2. The maximum Gasteiger partial charge on any atom is 0.0673 e. The van der Waals surface area contributed by atoms with Gasteiger partial charge in [0.25, 0.3) is 0 Å². The van der Waals surface area contributed by atoms with E-state index in [1.807, 2.05) is 12.3 Å². The predicted molar refractivity (Wildman–Crippen MR) is 91.4 cm³/mol. The first-order valence-corrected chi connectivity index (χ1v) is 8.38. The lowest BCUT2D eigenvalue weighted by Gasteiger charge is -2.11. The molecule has 1 aromatic carbocycles. The zero-order valence-electron chi connectivity index (χ0n) is 13.1. The predicted octanol–water partition coefficient (Wildman–Crippen LogP) is 4.00. The zero-order valence-corrected chi connectivity index (χ0v) is 14.7. The van der Waals surface area contributed by atoms with Crippen molar-refractivity contribution in [2.24, 2.45) is 5.92 Å². The smallest absolute Gasteiger partial charge is 0.0673 e. The molecule has 4 heteroatoms. The lowest BCUT2D eigenvalue weighted by atomic mass is 10.1. The monoisotopic (exact) mass is 349 g/mol. The van der Waals surface area contributed by atoms with Crippen molar-refractivity contribution in [1.82, 2.24) is 15.1 Å². The highest BCUT2D eigenvalue weighted by atomic mass is 79.9. The van der Waals surface area contributed by atoms with Crippen LogP contribution < -0.4 is 5.32 Å². The first-order chi connectivity index (χ1) is 10.1. The number of benzene rings is 1. The Hall–Kier alpha value is -1.13. The molecule has 0 bridgehead atoms. The van der Waals surface area contributed by atoms with Crippen LogP contribution in [0.2, 0.25) is 0 Å². The molecule has 0 saturated carbocycles. The van der Waals surface area contributed by atoms with Gasteiger partial charge in [0.05, 0.1) is 12.7 Å². The van der Waals surface area contributed by atoms with Gasteiger partial charge in [-0.2, -0.15) is 5.10 Å². The van der Waals surface area contributed by atoms with Crippen LogP contribution in [0.15, 0.2) is 34.9 Å². The fourth-order valence-electron chi connectivity index (χ4n) is 2.43. The second kappa shape index (κ2) is 7.76. The van der Waals surface area contributed by atoms with E-state index < -0.39 is 0 Å². The molecule has 2 rings (SSSR count). The average Bonchev–Trinajstić information content (AvgIpc) is 2.83. The fourth-order valence-corrected chi connectivity index (χ4v) is 2.84. The van der Waals surface area contributed by atoms with Crippen LogP contribution in [0.3, 0.4) is 0 Å². The van der Waals surface area contributed by atoms with Gasteiger partial charge in [0.2, 0.25) is 0 Å². The molecule has 1 N–H and O–H groups in total. The SMILES string of the molecule is CCc1c(CNCC(C)C)cnn1Cc1ccccc1Br. The Kier molecular flexibility index (Phi) is 6.00. The maximum absolute atomic E-state index is 4.58. The van der Waals surface area contributed by atoms with Gasteiger partial charge in [0.15, 0.2) is 0 Å². The van der Waals surface area contributed by atoms with Crippen molar-refractivity contribution < 1.29 is 0 Å². The minimum atomic E-state index is 0.672. The standard InChI is InChI=1S/C17H24BrN3/c1-4-17-15(10-19-9-13(2)3)11-20-21(17)12-14-7-5-6-8-16(14)18/h5-8,11,13,19H,4,9-10,12H2,1-3H3. The highest BCUT2D eigenvalue weighted by Gasteiger charge is 2.10. The topological polar surface area (TPSA) is 29.9 Å². The van der Waals surface area contributed by atoms with Crippen molar-refractivity contribution in [1.29, 1.82) is 0 Å². The minimum absolute atomic E-state index is 0.672. The van der Waals surface area contributed by atoms with Gasteiger partial charge in [-0.1, -0.05) is 54.9 Å². The highest BCUT2D eigenvalue weighted by Crippen LogP contribution is 2.19. The molecular formula is C17H24BrN3. The number of rotatable bonds is 7. The summed E-state index contributed by atoms with van der Waals surface area (Å²) in [6.45, 7) is 9.40. The number of aromatic nitrogens is 2. The van der Waals surface area contributed by atoms with Crippen LogP contribution in [0.5, 0.6) is 0 Å². The molecule has 0 aliphatic carbocycles. The molecule has 1 heterocycles. The quantitative estimate of drug-likeness (QED) is 0.818. The number of nitrogens with one attached hydrogen (secondary N) is 1. The lowest BCUT2D eigenvalue weighted by molar-refractivity contribution is 0.549. The number of hydrogen-bond donors (Lipinski definition) is 1. The van der Waals surface area contributed by atoms with Crippen LogP contribution >= 0.6 is 15.9 Å². The Morgan fingerprint density at radius 3 is 2.67 bits per heavy atom. The number of hydrogen-bond acceptors (Lipinski definition) is 2. The lowest BCUT2D eigenvalue weighted by Crippen LogP contribution is -2.19. The molecule has 0 aliphatic heterocycles.